The molecule has 2 rings (SSSR count). The van der Waals surface area contributed by atoms with Gasteiger partial charge in [0.15, 0.2) is 5.69 Å². The molecule has 0 bridgehead atoms. The van der Waals surface area contributed by atoms with Gasteiger partial charge in [-0.15, -0.1) is 21.5 Å². The molecule has 0 amide bonds. The van der Waals surface area contributed by atoms with Gasteiger partial charge < -0.3 is 10.1 Å². The number of carbonyl (C=O) groups excluding carboxylic acids is 1. The molecule has 0 radical (unpaired) electrons. The fraction of sp³-hybridized carbons (Fsp3) is 0.333. The highest BCUT2D eigenvalue weighted by Gasteiger charge is 2.18. The lowest BCUT2D eigenvalue weighted by molar-refractivity contribution is -0.384. The third-order valence-corrected chi connectivity index (χ3v) is 3.56. The summed E-state index contributed by atoms with van der Waals surface area (Å²) in [6.45, 7) is 2.23. The zero-order chi connectivity index (χ0) is 16.1. The molecule has 0 saturated carbocycles. The number of aryl methyl sites for hydroxylation is 1. The van der Waals surface area contributed by atoms with Crippen LogP contribution < -0.4 is 5.32 Å². The van der Waals surface area contributed by atoms with Gasteiger partial charge in [-0.25, -0.2) is 9.78 Å². The minimum atomic E-state index is -0.655. The highest BCUT2D eigenvalue weighted by molar-refractivity contribution is 7.11. The summed E-state index contributed by atoms with van der Waals surface area (Å²) in [5, 5.41) is 23.4. The molecular formula is C12H13N5O4S. The second-order valence-electron chi connectivity index (χ2n) is 4.20. The Morgan fingerprint density at radius 1 is 1.45 bits per heavy atom. The minimum absolute atomic E-state index is 0.00218. The van der Waals surface area contributed by atoms with Gasteiger partial charge in [0, 0.05) is 19.0 Å². The van der Waals surface area contributed by atoms with Crippen LogP contribution in [0.25, 0.3) is 0 Å². The van der Waals surface area contributed by atoms with Crippen LogP contribution in [0, 0.1) is 17.0 Å². The fourth-order valence-electron chi connectivity index (χ4n) is 1.67. The van der Waals surface area contributed by atoms with Gasteiger partial charge in [-0.2, -0.15) is 0 Å². The van der Waals surface area contributed by atoms with Crippen molar-refractivity contribution in [2.75, 3.05) is 19.0 Å². The summed E-state index contributed by atoms with van der Waals surface area (Å²) < 4.78 is 4.55. The Labute approximate surface area is 129 Å². The van der Waals surface area contributed by atoms with Gasteiger partial charge in [-0.3, -0.25) is 10.1 Å². The van der Waals surface area contributed by atoms with Crippen LogP contribution in [0.2, 0.25) is 0 Å². The summed E-state index contributed by atoms with van der Waals surface area (Å²) in [6, 6.07) is 2.47. The summed E-state index contributed by atoms with van der Waals surface area (Å²) in [4.78, 5) is 25.8. The monoisotopic (exact) mass is 323 g/mol. The first kappa shape index (κ1) is 15.8. The predicted octanol–water partition coefficient (Wildman–Crippen LogP) is 1.59. The van der Waals surface area contributed by atoms with Crippen molar-refractivity contribution in [2.24, 2.45) is 0 Å². The number of esters is 1. The van der Waals surface area contributed by atoms with E-state index in [2.05, 4.69) is 25.2 Å². The van der Waals surface area contributed by atoms with Gasteiger partial charge in [0.1, 0.15) is 10.0 Å². The Bertz CT molecular complexity index is 703. The van der Waals surface area contributed by atoms with Crippen LogP contribution >= 0.6 is 11.3 Å². The van der Waals surface area contributed by atoms with Gasteiger partial charge in [-0.05, 0) is 13.0 Å². The molecule has 0 fully saturated rings. The molecule has 22 heavy (non-hydrogen) atoms. The number of methoxy groups -OCH3 is 1. The first-order valence-electron chi connectivity index (χ1n) is 6.28. The van der Waals surface area contributed by atoms with E-state index < -0.39 is 10.9 Å². The van der Waals surface area contributed by atoms with Crippen molar-refractivity contribution in [2.45, 2.75) is 13.3 Å². The van der Waals surface area contributed by atoms with Gasteiger partial charge >= 0.3 is 11.7 Å². The van der Waals surface area contributed by atoms with E-state index in [1.165, 1.54) is 30.6 Å². The Morgan fingerprint density at radius 3 is 2.82 bits per heavy atom. The number of ether oxygens (including phenoxy) is 1. The number of nitrogens with one attached hydrogen (secondary N) is 1. The van der Waals surface area contributed by atoms with E-state index >= 15 is 0 Å². The maximum Gasteiger partial charge on any atom is 0.356 e. The lowest BCUT2D eigenvalue weighted by atomic mass is 10.3. The zero-order valence-electron chi connectivity index (χ0n) is 11.9. The summed E-state index contributed by atoms with van der Waals surface area (Å²) in [7, 11) is 1.22. The normalized spacial score (nSPS) is 10.3. The van der Waals surface area contributed by atoms with Crippen molar-refractivity contribution >= 4 is 28.8 Å². The van der Waals surface area contributed by atoms with Crippen LogP contribution in [0.5, 0.6) is 0 Å². The smallest absolute Gasteiger partial charge is 0.356 e. The molecule has 2 aromatic heterocycles. The van der Waals surface area contributed by atoms with Gasteiger partial charge in [0.05, 0.1) is 12.0 Å². The Morgan fingerprint density at radius 2 is 2.23 bits per heavy atom. The molecule has 0 saturated heterocycles. The first-order chi connectivity index (χ1) is 10.5. The van der Waals surface area contributed by atoms with Crippen LogP contribution in [-0.4, -0.2) is 39.7 Å². The van der Waals surface area contributed by atoms with Crippen LogP contribution in [0.3, 0.4) is 0 Å². The third kappa shape index (κ3) is 3.73. The molecule has 0 spiro atoms. The van der Waals surface area contributed by atoms with Crippen LogP contribution in [-0.2, 0) is 11.2 Å². The summed E-state index contributed by atoms with van der Waals surface area (Å²) in [5.74, 6) is -0.633. The molecule has 1 N–H and O–H groups in total. The highest BCUT2D eigenvalue weighted by Crippen LogP contribution is 2.22. The first-order valence-corrected chi connectivity index (χ1v) is 7.09. The topological polar surface area (TPSA) is 120 Å². The van der Waals surface area contributed by atoms with Crippen molar-refractivity contribution in [1.29, 1.82) is 0 Å². The van der Waals surface area contributed by atoms with Gasteiger partial charge in [0.25, 0.3) is 0 Å². The highest BCUT2D eigenvalue weighted by atomic mass is 32.1. The molecule has 0 aliphatic rings. The molecule has 9 nitrogen and oxygen atoms in total. The Kier molecular flexibility index (Phi) is 4.94. The predicted molar refractivity (Wildman–Crippen MR) is 79.1 cm³/mol. The van der Waals surface area contributed by atoms with Crippen molar-refractivity contribution in [3.8, 4) is 0 Å². The van der Waals surface area contributed by atoms with Gasteiger partial charge in [-0.1, -0.05) is 0 Å². The van der Waals surface area contributed by atoms with E-state index in [1.54, 1.807) is 0 Å². The quantitative estimate of drug-likeness (QED) is 0.483. The van der Waals surface area contributed by atoms with E-state index in [4.69, 9.17) is 0 Å². The van der Waals surface area contributed by atoms with E-state index in [1.807, 2.05) is 6.92 Å². The fourth-order valence-corrected chi connectivity index (χ4v) is 2.38. The summed E-state index contributed by atoms with van der Waals surface area (Å²) >= 11 is 1.45. The second-order valence-corrected chi connectivity index (χ2v) is 5.47. The van der Waals surface area contributed by atoms with Crippen molar-refractivity contribution in [1.82, 2.24) is 15.2 Å². The molecule has 0 atom stereocenters. The summed E-state index contributed by atoms with van der Waals surface area (Å²) in [6.07, 6.45) is 0.548. The average Bonchev–Trinajstić information content (AvgIpc) is 2.91. The SMILES string of the molecule is COC(=O)c1ccc([N+](=O)[O-])c(NCCc2nnc(C)s2)n1. The number of carbonyl (C=O) groups is 1. The Balaban J connectivity index is 2.12. The lowest BCUT2D eigenvalue weighted by Gasteiger charge is -2.06. The number of anilines is 1. The maximum absolute atomic E-state index is 11.4. The van der Waals surface area contributed by atoms with E-state index in [0.29, 0.717) is 13.0 Å². The zero-order valence-corrected chi connectivity index (χ0v) is 12.7. The molecule has 0 aromatic carbocycles. The maximum atomic E-state index is 11.4. The van der Waals surface area contributed by atoms with Crippen LogP contribution in [0.4, 0.5) is 11.5 Å². The third-order valence-electron chi connectivity index (χ3n) is 2.66. The van der Waals surface area contributed by atoms with Crippen molar-refractivity contribution in [3.63, 3.8) is 0 Å². The lowest BCUT2D eigenvalue weighted by Crippen LogP contribution is -2.12. The molecule has 0 unspecified atom stereocenters. The van der Waals surface area contributed by atoms with Crippen molar-refractivity contribution < 1.29 is 14.5 Å². The number of nitrogens with zero attached hydrogens (tertiary/aromatic N) is 4. The van der Waals surface area contributed by atoms with Crippen LogP contribution in [0.1, 0.15) is 20.5 Å². The summed E-state index contributed by atoms with van der Waals surface area (Å²) in [5.41, 5.74) is -0.205. The number of hydrogen-bond donors (Lipinski definition) is 1. The standard InChI is InChI=1S/C12H13N5O4S/c1-7-15-16-10(22-7)5-6-13-11-9(17(19)20)4-3-8(14-11)12(18)21-2/h3-4H,5-6H2,1-2H3,(H,13,14). The van der Waals surface area contributed by atoms with E-state index in [-0.39, 0.29) is 17.2 Å². The number of nitro groups is 1. The Hall–Kier alpha value is -2.62. The molecule has 10 heteroatoms. The molecule has 2 aromatic rings. The molecule has 2 heterocycles. The molecular weight excluding hydrogens is 310 g/mol. The molecule has 116 valence electrons. The number of hydrogen-bond acceptors (Lipinski definition) is 9. The number of aromatic nitrogens is 3. The van der Waals surface area contributed by atoms with Crippen molar-refractivity contribution in [3.05, 3.63) is 38.0 Å². The second kappa shape index (κ2) is 6.89. The van der Waals surface area contributed by atoms with Crippen LogP contribution in [0.15, 0.2) is 12.1 Å². The molecule has 0 aliphatic carbocycles. The number of pyridine rings is 1. The minimum Gasteiger partial charge on any atom is -0.464 e. The van der Waals surface area contributed by atoms with E-state index in [9.17, 15) is 14.9 Å². The van der Waals surface area contributed by atoms with Gasteiger partial charge in [0.2, 0.25) is 5.82 Å². The molecule has 0 aliphatic heterocycles. The largest absolute Gasteiger partial charge is 0.464 e. The number of rotatable bonds is 6. The van der Waals surface area contributed by atoms with E-state index in [0.717, 1.165) is 10.0 Å². The average molecular weight is 323 g/mol.